The van der Waals surface area contributed by atoms with Gasteiger partial charge >= 0.3 is 6.09 Å². The van der Waals surface area contributed by atoms with Crippen LogP contribution in [0.25, 0.3) is 0 Å². The molecule has 2 heterocycles. The lowest BCUT2D eigenvalue weighted by molar-refractivity contribution is -0.0711. The number of carbonyl (C=O) groups is 1. The number of hydrogen-bond donors (Lipinski definition) is 0. The number of hydrogen-bond acceptors (Lipinski definition) is 4. The van der Waals surface area contributed by atoms with Crippen molar-refractivity contribution < 1.29 is 23.4 Å². The number of benzene rings is 2. The summed E-state index contributed by atoms with van der Waals surface area (Å²) < 4.78 is 32.5. The van der Waals surface area contributed by atoms with Gasteiger partial charge in [0.2, 0.25) is 0 Å². The third-order valence-corrected chi connectivity index (χ3v) is 6.03. The lowest BCUT2D eigenvalue weighted by Gasteiger charge is -2.37. The van der Waals surface area contributed by atoms with Crippen LogP contribution in [0.2, 0.25) is 5.02 Å². The maximum absolute atomic E-state index is 14.6. The molecule has 7 heteroatoms. The lowest BCUT2D eigenvalue weighted by atomic mass is 9.95. The Morgan fingerprint density at radius 2 is 2.03 bits per heavy atom. The molecule has 0 saturated carbocycles. The first-order valence-corrected chi connectivity index (χ1v) is 11.4. The monoisotopic (exact) mass is 461 g/mol. The lowest BCUT2D eigenvalue weighted by Crippen LogP contribution is -2.47. The molecule has 0 aliphatic carbocycles. The average Bonchev–Trinajstić information content (AvgIpc) is 3.05. The maximum Gasteiger partial charge on any atom is 0.410 e. The number of fused-ring (bicyclic) bond motifs is 1. The summed E-state index contributed by atoms with van der Waals surface area (Å²) in [5.41, 5.74) is 0.646. The van der Waals surface area contributed by atoms with Crippen molar-refractivity contribution in [2.45, 2.75) is 70.8 Å². The van der Waals surface area contributed by atoms with E-state index in [4.69, 9.17) is 25.8 Å². The molecule has 32 heavy (non-hydrogen) atoms. The second-order valence-electron chi connectivity index (χ2n) is 9.55. The third-order valence-electron chi connectivity index (χ3n) is 5.79. The van der Waals surface area contributed by atoms with E-state index in [-0.39, 0.29) is 17.7 Å². The number of piperidine rings is 1. The second kappa shape index (κ2) is 8.47. The highest BCUT2D eigenvalue weighted by Crippen LogP contribution is 2.47. The normalized spacial score (nSPS) is 22.7. The average molecular weight is 462 g/mol. The predicted octanol–water partition coefficient (Wildman–Crippen LogP) is 6.46. The first-order chi connectivity index (χ1) is 15.1. The van der Waals surface area contributed by atoms with Gasteiger partial charge in [-0.25, -0.2) is 9.18 Å². The summed E-state index contributed by atoms with van der Waals surface area (Å²) in [5, 5.41) is 0.311. The zero-order valence-electron chi connectivity index (χ0n) is 18.9. The third kappa shape index (κ3) is 4.65. The van der Waals surface area contributed by atoms with Gasteiger partial charge in [-0.05, 0) is 70.7 Å². The highest BCUT2D eigenvalue weighted by Gasteiger charge is 2.42. The Bertz CT molecular complexity index is 1020. The predicted molar refractivity (Wildman–Crippen MR) is 121 cm³/mol. The molecule has 0 N–H and O–H groups in total. The van der Waals surface area contributed by atoms with Gasteiger partial charge in [-0.3, -0.25) is 0 Å². The van der Waals surface area contributed by atoms with Crippen LogP contribution in [0.5, 0.6) is 11.5 Å². The van der Waals surface area contributed by atoms with Crippen molar-refractivity contribution in [3.8, 4) is 11.5 Å². The number of para-hydroxylation sites is 1. The number of ether oxygens (including phenoxy) is 3. The van der Waals surface area contributed by atoms with Crippen molar-refractivity contribution in [3.63, 3.8) is 0 Å². The molecule has 1 fully saturated rings. The summed E-state index contributed by atoms with van der Waals surface area (Å²) in [6.07, 6.45) is 3.19. The minimum atomic E-state index is -1.30. The summed E-state index contributed by atoms with van der Waals surface area (Å²) in [5.74, 6) is -0.652. The first-order valence-electron chi connectivity index (χ1n) is 11.0. The summed E-state index contributed by atoms with van der Waals surface area (Å²) in [6.45, 7) is 7.97. The highest BCUT2D eigenvalue weighted by atomic mass is 35.5. The summed E-state index contributed by atoms with van der Waals surface area (Å²) in [4.78, 5) is 14.6. The summed E-state index contributed by atoms with van der Waals surface area (Å²) in [6, 6.07) is 10.1. The van der Waals surface area contributed by atoms with Crippen LogP contribution in [0.3, 0.4) is 0 Å². The van der Waals surface area contributed by atoms with Crippen molar-refractivity contribution in [2.75, 3.05) is 6.54 Å². The van der Waals surface area contributed by atoms with Gasteiger partial charge in [0.05, 0.1) is 5.56 Å². The van der Waals surface area contributed by atoms with Crippen LogP contribution in [0.15, 0.2) is 36.4 Å². The molecular formula is C25H29ClFNO4. The number of halogens is 2. The van der Waals surface area contributed by atoms with E-state index in [0.717, 1.165) is 24.8 Å². The number of amides is 1. The fourth-order valence-corrected chi connectivity index (χ4v) is 4.50. The Balaban J connectivity index is 1.58. The van der Waals surface area contributed by atoms with E-state index in [2.05, 4.69) is 0 Å². The number of likely N-dealkylation sites (tertiary alicyclic amines) is 1. The number of carbonyl (C=O) groups excluding carboxylic acids is 1. The molecule has 0 radical (unpaired) electrons. The van der Waals surface area contributed by atoms with Crippen molar-refractivity contribution in [1.82, 2.24) is 4.90 Å². The van der Waals surface area contributed by atoms with Crippen LogP contribution in [-0.2, 0) is 16.9 Å². The van der Waals surface area contributed by atoms with E-state index in [9.17, 15) is 9.18 Å². The zero-order valence-corrected chi connectivity index (χ0v) is 19.7. The van der Waals surface area contributed by atoms with Crippen molar-refractivity contribution in [2.24, 2.45) is 0 Å². The molecule has 0 bridgehead atoms. The molecule has 1 amide bonds. The van der Waals surface area contributed by atoms with Gasteiger partial charge in [0.1, 0.15) is 11.4 Å². The SMILES string of the molecule is CC(C)(C)OC(=O)N1CCCCC1Cc1cccc2c1OC(C)(c1ccc(Cl)cc1F)O2. The Morgan fingerprint density at radius 3 is 2.75 bits per heavy atom. The van der Waals surface area contributed by atoms with Crippen LogP contribution in [0.1, 0.15) is 58.1 Å². The van der Waals surface area contributed by atoms with Crippen LogP contribution in [0, 0.1) is 5.82 Å². The van der Waals surface area contributed by atoms with Crippen molar-refractivity contribution in [3.05, 3.63) is 58.4 Å². The minimum Gasteiger partial charge on any atom is -0.444 e. The van der Waals surface area contributed by atoms with Crippen LogP contribution >= 0.6 is 11.6 Å². The molecule has 1 saturated heterocycles. The molecule has 2 aromatic carbocycles. The first kappa shape index (κ1) is 22.7. The van der Waals surface area contributed by atoms with Gasteiger partial charge in [-0.15, -0.1) is 0 Å². The summed E-state index contributed by atoms with van der Waals surface area (Å²) in [7, 11) is 0. The Morgan fingerprint density at radius 1 is 1.25 bits per heavy atom. The standard InChI is InChI=1S/C25H29ClFNO4/c1-24(2,3)32-23(29)28-13-6-5-9-18(28)14-16-8-7-10-21-22(16)31-25(4,30-21)19-12-11-17(26)15-20(19)27/h7-8,10-12,15,18H,5-6,9,13-14H2,1-4H3. The van der Waals surface area contributed by atoms with E-state index in [1.54, 1.807) is 19.1 Å². The van der Waals surface area contributed by atoms with E-state index < -0.39 is 17.2 Å². The molecule has 5 nitrogen and oxygen atoms in total. The molecule has 2 aromatic rings. The van der Waals surface area contributed by atoms with E-state index >= 15 is 0 Å². The topological polar surface area (TPSA) is 48.0 Å². The quantitative estimate of drug-likeness (QED) is 0.526. The molecule has 0 aromatic heterocycles. The molecule has 2 aliphatic heterocycles. The smallest absolute Gasteiger partial charge is 0.410 e. The van der Waals surface area contributed by atoms with Gasteiger partial charge in [-0.2, -0.15) is 0 Å². The molecule has 172 valence electrons. The van der Waals surface area contributed by atoms with Crippen molar-refractivity contribution >= 4 is 17.7 Å². The molecule has 2 aliphatic rings. The van der Waals surface area contributed by atoms with Gasteiger partial charge < -0.3 is 19.1 Å². The number of rotatable bonds is 3. The van der Waals surface area contributed by atoms with Crippen LogP contribution in [-0.4, -0.2) is 29.2 Å². The molecule has 2 atom stereocenters. The minimum absolute atomic E-state index is 0.00664. The molecule has 4 rings (SSSR count). The fourth-order valence-electron chi connectivity index (χ4n) is 4.34. The van der Waals surface area contributed by atoms with Crippen LogP contribution in [0.4, 0.5) is 9.18 Å². The Labute approximate surface area is 193 Å². The van der Waals surface area contributed by atoms with Gasteiger partial charge in [0.15, 0.2) is 11.5 Å². The number of nitrogens with zero attached hydrogens (tertiary/aromatic N) is 1. The molecule has 2 unspecified atom stereocenters. The van der Waals surface area contributed by atoms with Gasteiger partial charge in [0, 0.05) is 30.1 Å². The highest BCUT2D eigenvalue weighted by molar-refractivity contribution is 6.30. The summed E-state index contributed by atoms with van der Waals surface area (Å²) >= 11 is 5.91. The Kier molecular flexibility index (Phi) is 6.01. The van der Waals surface area contributed by atoms with Crippen LogP contribution < -0.4 is 9.47 Å². The fraction of sp³-hybridized carbons (Fsp3) is 0.480. The van der Waals surface area contributed by atoms with Gasteiger partial charge in [-0.1, -0.05) is 23.7 Å². The van der Waals surface area contributed by atoms with Gasteiger partial charge in [0.25, 0.3) is 5.79 Å². The molecular weight excluding hydrogens is 433 g/mol. The second-order valence-corrected chi connectivity index (χ2v) is 9.98. The van der Waals surface area contributed by atoms with E-state index in [0.29, 0.717) is 29.5 Å². The maximum atomic E-state index is 14.6. The van der Waals surface area contributed by atoms with Crippen molar-refractivity contribution in [1.29, 1.82) is 0 Å². The van der Waals surface area contributed by atoms with E-state index in [1.807, 2.05) is 43.9 Å². The van der Waals surface area contributed by atoms with E-state index in [1.165, 1.54) is 6.07 Å². The largest absolute Gasteiger partial charge is 0.444 e. The Hall–Kier alpha value is -2.47. The zero-order chi connectivity index (χ0) is 23.1. The molecule has 0 spiro atoms.